The van der Waals surface area contributed by atoms with E-state index in [1.54, 1.807) is 6.07 Å². The molecule has 0 fully saturated rings. The Hall–Kier alpha value is -2.18. The number of nitro groups is 1. The summed E-state index contributed by atoms with van der Waals surface area (Å²) < 4.78 is 0. The molecule has 1 unspecified atom stereocenters. The summed E-state index contributed by atoms with van der Waals surface area (Å²) in [6.07, 6.45) is 1.25. The van der Waals surface area contributed by atoms with E-state index in [-0.39, 0.29) is 11.7 Å². The summed E-state index contributed by atoms with van der Waals surface area (Å²) in [7, 11) is 3.98. The van der Waals surface area contributed by atoms with Gasteiger partial charge in [0.25, 0.3) is 5.69 Å². The van der Waals surface area contributed by atoms with Crippen LogP contribution < -0.4 is 5.32 Å². The molecule has 0 aliphatic carbocycles. The summed E-state index contributed by atoms with van der Waals surface area (Å²) in [4.78, 5) is 16.3. The van der Waals surface area contributed by atoms with Crippen molar-refractivity contribution < 1.29 is 4.92 Å². The van der Waals surface area contributed by atoms with Crippen LogP contribution in [-0.2, 0) is 0 Å². The van der Waals surface area contributed by atoms with E-state index in [1.165, 1.54) is 12.3 Å². The summed E-state index contributed by atoms with van der Waals surface area (Å²) in [5.41, 5.74) is 1.11. The van der Waals surface area contributed by atoms with Gasteiger partial charge in [-0.3, -0.25) is 10.1 Å². The van der Waals surface area contributed by atoms with Crippen LogP contribution in [0.15, 0.2) is 42.6 Å². The van der Waals surface area contributed by atoms with Crippen molar-refractivity contribution in [2.45, 2.75) is 6.04 Å². The fourth-order valence-electron chi connectivity index (χ4n) is 2.08. The lowest BCUT2D eigenvalue weighted by Gasteiger charge is -2.25. The van der Waals surface area contributed by atoms with E-state index in [2.05, 4.69) is 15.2 Å². The highest BCUT2D eigenvalue weighted by molar-refractivity contribution is 6.30. The molecule has 1 aromatic carbocycles. The van der Waals surface area contributed by atoms with Gasteiger partial charge in [0.05, 0.1) is 11.0 Å². The molecule has 1 N–H and O–H groups in total. The van der Waals surface area contributed by atoms with E-state index in [0.717, 1.165) is 5.56 Å². The van der Waals surface area contributed by atoms with Gasteiger partial charge in [0.2, 0.25) is 0 Å². The van der Waals surface area contributed by atoms with E-state index in [0.29, 0.717) is 17.4 Å². The molecule has 6 nitrogen and oxygen atoms in total. The molecule has 0 aliphatic heterocycles. The van der Waals surface area contributed by atoms with Gasteiger partial charge in [0, 0.05) is 17.6 Å². The Morgan fingerprint density at radius 1 is 1.27 bits per heavy atom. The lowest BCUT2D eigenvalue weighted by Crippen LogP contribution is -2.27. The highest BCUT2D eigenvalue weighted by Gasteiger charge is 2.14. The van der Waals surface area contributed by atoms with Crippen molar-refractivity contribution in [1.29, 1.82) is 0 Å². The van der Waals surface area contributed by atoms with Gasteiger partial charge in [0.1, 0.15) is 12.0 Å². The molecule has 0 spiro atoms. The third-order valence-corrected chi connectivity index (χ3v) is 3.57. The van der Waals surface area contributed by atoms with E-state index in [1.807, 2.05) is 38.4 Å². The molecule has 1 heterocycles. The number of nitrogens with zero attached hydrogens (tertiary/aromatic N) is 3. The Kier molecular flexibility index (Phi) is 5.30. The highest BCUT2D eigenvalue weighted by atomic mass is 35.5. The lowest BCUT2D eigenvalue weighted by atomic mass is 10.1. The largest absolute Gasteiger partial charge is 0.368 e. The van der Waals surface area contributed by atoms with Crippen LogP contribution in [0, 0.1) is 10.1 Å². The number of rotatable bonds is 6. The number of likely N-dealkylation sites (N-methyl/N-ethyl adjacent to an activating group) is 1. The number of hydrogen-bond acceptors (Lipinski definition) is 5. The number of nitrogens with one attached hydrogen (secondary N) is 1. The second-order valence-electron chi connectivity index (χ2n) is 5.07. The van der Waals surface area contributed by atoms with E-state index < -0.39 is 4.92 Å². The molecule has 0 saturated heterocycles. The maximum absolute atomic E-state index is 10.6. The Morgan fingerprint density at radius 2 is 1.95 bits per heavy atom. The van der Waals surface area contributed by atoms with Crippen molar-refractivity contribution >= 4 is 23.1 Å². The molecular weight excluding hydrogens is 304 g/mol. The summed E-state index contributed by atoms with van der Waals surface area (Å²) in [5, 5.41) is 14.5. The van der Waals surface area contributed by atoms with Gasteiger partial charge in [-0.1, -0.05) is 23.7 Å². The molecule has 1 aromatic heterocycles. The molecule has 2 aromatic rings. The first-order chi connectivity index (χ1) is 10.5. The molecule has 7 heteroatoms. The SMILES string of the molecule is CN(C)C(CNc1ccc([N+](=O)[O-])cn1)c1ccc(Cl)cc1. The quantitative estimate of drug-likeness (QED) is 0.652. The van der Waals surface area contributed by atoms with E-state index in [9.17, 15) is 10.1 Å². The maximum atomic E-state index is 10.6. The van der Waals surface area contributed by atoms with Gasteiger partial charge in [-0.25, -0.2) is 4.98 Å². The number of hydrogen-bond donors (Lipinski definition) is 1. The predicted octanol–water partition coefficient (Wildman–Crippen LogP) is 3.36. The van der Waals surface area contributed by atoms with Crippen LogP contribution >= 0.6 is 11.6 Å². The zero-order chi connectivity index (χ0) is 16.1. The lowest BCUT2D eigenvalue weighted by molar-refractivity contribution is -0.385. The first-order valence-electron chi connectivity index (χ1n) is 6.73. The summed E-state index contributed by atoms with van der Waals surface area (Å²) in [6.45, 7) is 0.624. The Balaban J connectivity index is 2.05. The van der Waals surface area contributed by atoms with Crippen LogP contribution in [0.4, 0.5) is 11.5 Å². The van der Waals surface area contributed by atoms with Crippen molar-refractivity contribution in [2.24, 2.45) is 0 Å². The fourth-order valence-corrected chi connectivity index (χ4v) is 2.21. The van der Waals surface area contributed by atoms with Crippen LogP contribution in [-0.4, -0.2) is 35.4 Å². The van der Waals surface area contributed by atoms with Gasteiger partial charge in [-0.15, -0.1) is 0 Å². The Bertz CT molecular complexity index is 629. The minimum atomic E-state index is -0.465. The summed E-state index contributed by atoms with van der Waals surface area (Å²) in [6, 6.07) is 10.9. The molecule has 0 radical (unpaired) electrons. The average molecular weight is 321 g/mol. The van der Waals surface area contributed by atoms with Gasteiger partial charge < -0.3 is 10.2 Å². The number of benzene rings is 1. The second-order valence-corrected chi connectivity index (χ2v) is 5.51. The summed E-state index contributed by atoms with van der Waals surface area (Å²) >= 11 is 5.91. The third kappa shape index (κ3) is 4.16. The molecule has 116 valence electrons. The molecular formula is C15H17ClN4O2. The van der Waals surface area contributed by atoms with Gasteiger partial charge in [-0.2, -0.15) is 0 Å². The minimum absolute atomic E-state index is 0.0209. The van der Waals surface area contributed by atoms with Gasteiger partial charge in [0.15, 0.2) is 0 Å². The molecule has 0 saturated carbocycles. The van der Waals surface area contributed by atoms with E-state index in [4.69, 9.17) is 11.6 Å². The second kappa shape index (κ2) is 7.20. The third-order valence-electron chi connectivity index (χ3n) is 3.31. The minimum Gasteiger partial charge on any atom is -0.368 e. The molecule has 0 bridgehead atoms. The first-order valence-corrected chi connectivity index (χ1v) is 7.11. The molecule has 0 aliphatic rings. The number of pyridine rings is 1. The molecule has 1 atom stereocenters. The van der Waals surface area contributed by atoms with Gasteiger partial charge in [-0.05, 0) is 37.9 Å². The smallest absolute Gasteiger partial charge is 0.287 e. The number of aromatic nitrogens is 1. The van der Waals surface area contributed by atoms with Crippen LogP contribution in [0.3, 0.4) is 0 Å². The maximum Gasteiger partial charge on any atom is 0.287 e. The van der Waals surface area contributed by atoms with E-state index >= 15 is 0 Å². The number of halogens is 1. The van der Waals surface area contributed by atoms with Crippen LogP contribution in [0.1, 0.15) is 11.6 Å². The zero-order valence-electron chi connectivity index (χ0n) is 12.4. The summed E-state index contributed by atoms with van der Waals surface area (Å²) in [5.74, 6) is 0.603. The molecule has 2 rings (SSSR count). The first kappa shape index (κ1) is 16.2. The Labute approximate surface area is 133 Å². The highest BCUT2D eigenvalue weighted by Crippen LogP contribution is 2.21. The normalized spacial score (nSPS) is 12.2. The fraction of sp³-hybridized carbons (Fsp3) is 0.267. The van der Waals surface area contributed by atoms with Crippen molar-refractivity contribution in [2.75, 3.05) is 26.0 Å². The van der Waals surface area contributed by atoms with Crippen molar-refractivity contribution in [1.82, 2.24) is 9.88 Å². The van der Waals surface area contributed by atoms with Gasteiger partial charge >= 0.3 is 0 Å². The predicted molar refractivity (Wildman–Crippen MR) is 87.3 cm³/mol. The monoisotopic (exact) mass is 320 g/mol. The standard InChI is InChI=1S/C15H17ClN4O2/c1-19(2)14(11-3-5-12(16)6-4-11)10-18-15-8-7-13(9-17-15)20(21)22/h3-9,14H,10H2,1-2H3,(H,17,18). The number of anilines is 1. The molecule has 0 amide bonds. The van der Waals surface area contributed by atoms with Crippen LogP contribution in [0.25, 0.3) is 0 Å². The zero-order valence-corrected chi connectivity index (χ0v) is 13.1. The molecule has 22 heavy (non-hydrogen) atoms. The topological polar surface area (TPSA) is 71.3 Å². The van der Waals surface area contributed by atoms with Crippen LogP contribution in [0.5, 0.6) is 0 Å². The average Bonchev–Trinajstić information content (AvgIpc) is 2.49. The van der Waals surface area contributed by atoms with Crippen molar-refractivity contribution in [3.8, 4) is 0 Å². The van der Waals surface area contributed by atoms with Crippen LogP contribution in [0.2, 0.25) is 5.02 Å². The Morgan fingerprint density at radius 3 is 2.45 bits per heavy atom. The van der Waals surface area contributed by atoms with Crippen molar-refractivity contribution in [3.63, 3.8) is 0 Å². The van der Waals surface area contributed by atoms with Crippen molar-refractivity contribution in [3.05, 3.63) is 63.3 Å².